The minimum Gasteiger partial charge on any atom is -0.300 e. The van der Waals surface area contributed by atoms with Gasteiger partial charge in [-0.2, -0.15) is 0 Å². The van der Waals surface area contributed by atoms with Crippen molar-refractivity contribution in [3.63, 3.8) is 0 Å². The number of Topliss-reactive ketones (excluding diaryl/α,β-unsaturated/α-hetero) is 1. The van der Waals surface area contributed by atoms with Crippen molar-refractivity contribution in [2.24, 2.45) is 0 Å². The predicted octanol–water partition coefficient (Wildman–Crippen LogP) is 8.69. The van der Waals surface area contributed by atoms with Gasteiger partial charge in [-0.25, -0.2) is 0 Å². The van der Waals surface area contributed by atoms with Crippen LogP contribution in [0.1, 0.15) is 45.6 Å². The topological polar surface area (TPSA) is 17.1 Å². The maximum Gasteiger partial charge on any atom is 0.135 e. The van der Waals surface area contributed by atoms with Gasteiger partial charge in [-0.15, -0.1) is 23.5 Å². The Morgan fingerprint density at radius 1 is 0.500 bits per heavy atom. The highest BCUT2D eigenvalue weighted by atomic mass is 32.2. The number of carbonyl (C=O) groups is 1. The Bertz CT molecular complexity index is 1020. The van der Waals surface area contributed by atoms with E-state index in [-0.39, 0.29) is 10.5 Å². The number of ketones is 1. The van der Waals surface area contributed by atoms with Crippen LogP contribution in [-0.4, -0.2) is 5.78 Å². The fourth-order valence-corrected chi connectivity index (χ4v) is 6.40. The molecule has 0 heterocycles. The van der Waals surface area contributed by atoms with Crippen molar-refractivity contribution in [3.8, 4) is 0 Å². The molecule has 0 radical (unpaired) electrons. The summed E-state index contributed by atoms with van der Waals surface area (Å²) in [5.74, 6) is 2.13. The monoisotopic (exact) mass is 482 g/mol. The van der Waals surface area contributed by atoms with E-state index in [1.54, 1.807) is 0 Å². The zero-order chi connectivity index (χ0) is 23.4. The third kappa shape index (κ3) is 7.65. The van der Waals surface area contributed by atoms with E-state index in [1.165, 1.54) is 22.3 Å². The molecule has 2 atom stereocenters. The maximum absolute atomic E-state index is 13.4. The number of hydrogen-bond acceptors (Lipinski definition) is 3. The van der Waals surface area contributed by atoms with E-state index in [0.717, 1.165) is 11.5 Å². The second kappa shape index (κ2) is 13.2. The number of hydrogen-bond donors (Lipinski definition) is 0. The number of carbonyl (C=O) groups excluding carboxylic acids is 1. The van der Waals surface area contributed by atoms with Crippen LogP contribution in [0.25, 0.3) is 0 Å². The molecule has 0 bridgehead atoms. The highest BCUT2D eigenvalue weighted by molar-refractivity contribution is 7.99. The molecule has 34 heavy (non-hydrogen) atoms. The van der Waals surface area contributed by atoms with Gasteiger partial charge in [0, 0.05) is 34.8 Å². The van der Waals surface area contributed by atoms with Gasteiger partial charge in [0.15, 0.2) is 0 Å². The van der Waals surface area contributed by atoms with Crippen molar-refractivity contribution < 1.29 is 4.79 Å². The summed E-state index contributed by atoms with van der Waals surface area (Å²) in [5, 5.41) is 0.314. The van der Waals surface area contributed by atoms with Crippen LogP contribution in [0.4, 0.5) is 0 Å². The molecule has 0 fully saturated rings. The highest BCUT2D eigenvalue weighted by Crippen LogP contribution is 2.39. The van der Waals surface area contributed by atoms with Crippen molar-refractivity contribution in [1.82, 2.24) is 0 Å². The number of benzene rings is 4. The summed E-state index contributed by atoms with van der Waals surface area (Å²) in [4.78, 5) is 13.4. The van der Waals surface area contributed by atoms with Gasteiger partial charge < -0.3 is 0 Å². The van der Waals surface area contributed by atoms with Gasteiger partial charge in [-0.05, 0) is 22.3 Å². The van der Waals surface area contributed by atoms with Crippen LogP contribution in [0, 0.1) is 0 Å². The van der Waals surface area contributed by atoms with Gasteiger partial charge >= 0.3 is 0 Å². The molecule has 0 aromatic heterocycles. The summed E-state index contributed by atoms with van der Waals surface area (Å²) in [5.41, 5.74) is 5.04. The van der Waals surface area contributed by atoms with E-state index < -0.39 is 0 Å². The minimum atomic E-state index is 0.157. The van der Waals surface area contributed by atoms with Gasteiger partial charge in [-0.3, -0.25) is 4.79 Å². The molecule has 0 aliphatic heterocycles. The minimum absolute atomic E-state index is 0.157. The van der Waals surface area contributed by atoms with Crippen LogP contribution in [0.2, 0.25) is 0 Å². The van der Waals surface area contributed by atoms with Crippen LogP contribution in [0.5, 0.6) is 0 Å². The van der Waals surface area contributed by atoms with Gasteiger partial charge in [-0.1, -0.05) is 121 Å². The standard InChI is InChI=1S/C31H30OS2/c32-29(21-30(27-17-9-3-10-18-27)33-23-25-13-5-1-6-14-25)22-31(28-19-11-4-12-20-28)34-24-26-15-7-2-8-16-26/h1-20,30-31H,21-24H2. The maximum atomic E-state index is 13.4. The molecule has 0 spiro atoms. The largest absolute Gasteiger partial charge is 0.300 e. The van der Waals surface area contributed by atoms with E-state index in [4.69, 9.17) is 0 Å². The van der Waals surface area contributed by atoms with Gasteiger partial charge in [0.25, 0.3) is 0 Å². The molecule has 0 amide bonds. The molecule has 172 valence electrons. The molecule has 0 saturated carbocycles. The number of thioether (sulfide) groups is 2. The fraction of sp³-hybridized carbons (Fsp3) is 0.194. The Kier molecular flexibility index (Phi) is 9.48. The molecular weight excluding hydrogens is 452 g/mol. The van der Waals surface area contributed by atoms with Crippen molar-refractivity contribution in [2.75, 3.05) is 0 Å². The summed E-state index contributed by atoms with van der Waals surface area (Å²) in [6, 6.07) is 42.0. The van der Waals surface area contributed by atoms with E-state index >= 15 is 0 Å². The smallest absolute Gasteiger partial charge is 0.135 e. The molecule has 0 saturated heterocycles. The third-order valence-electron chi connectivity index (χ3n) is 5.76. The van der Waals surface area contributed by atoms with E-state index in [0.29, 0.717) is 18.6 Å². The first-order valence-electron chi connectivity index (χ1n) is 11.7. The zero-order valence-electron chi connectivity index (χ0n) is 19.3. The molecule has 4 rings (SSSR count). The SMILES string of the molecule is O=C(CC(SCc1ccccc1)c1ccccc1)CC(SCc1ccccc1)c1ccccc1. The average Bonchev–Trinajstić information content (AvgIpc) is 2.91. The predicted molar refractivity (Wildman–Crippen MR) is 148 cm³/mol. The van der Waals surface area contributed by atoms with Crippen molar-refractivity contribution in [1.29, 1.82) is 0 Å². The summed E-state index contributed by atoms with van der Waals surface area (Å²) in [6.45, 7) is 0. The summed E-state index contributed by atoms with van der Waals surface area (Å²) < 4.78 is 0. The first-order chi connectivity index (χ1) is 16.8. The Morgan fingerprint density at radius 3 is 1.18 bits per heavy atom. The molecule has 3 heteroatoms. The lowest BCUT2D eigenvalue weighted by Gasteiger charge is -2.20. The molecular formula is C31H30OS2. The molecule has 0 N–H and O–H groups in total. The lowest BCUT2D eigenvalue weighted by atomic mass is 10.0. The Labute approximate surface area is 212 Å². The van der Waals surface area contributed by atoms with Crippen LogP contribution in [0.15, 0.2) is 121 Å². The Morgan fingerprint density at radius 2 is 0.824 bits per heavy atom. The van der Waals surface area contributed by atoms with Crippen molar-refractivity contribution in [2.45, 2.75) is 34.8 Å². The van der Waals surface area contributed by atoms with E-state index in [9.17, 15) is 4.79 Å². The fourth-order valence-electron chi connectivity index (χ4n) is 3.92. The normalized spacial score (nSPS) is 12.7. The van der Waals surface area contributed by atoms with Crippen molar-refractivity contribution >= 4 is 29.3 Å². The van der Waals surface area contributed by atoms with Gasteiger partial charge in [0.05, 0.1) is 0 Å². The summed E-state index contributed by atoms with van der Waals surface area (Å²) in [7, 11) is 0. The quantitative estimate of drug-likeness (QED) is 0.201. The lowest BCUT2D eigenvalue weighted by molar-refractivity contribution is -0.119. The zero-order valence-corrected chi connectivity index (χ0v) is 20.9. The Balaban J connectivity index is 1.44. The van der Waals surface area contributed by atoms with Crippen LogP contribution in [0.3, 0.4) is 0 Å². The van der Waals surface area contributed by atoms with Crippen LogP contribution < -0.4 is 0 Å². The molecule has 4 aromatic carbocycles. The Hall–Kier alpha value is -2.75. The summed E-state index contributed by atoms with van der Waals surface area (Å²) >= 11 is 3.72. The van der Waals surface area contributed by atoms with E-state index in [1.807, 2.05) is 47.8 Å². The second-order valence-corrected chi connectivity index (χ2v) is 10.7. The first kappa shape index (κ1) is 24.4. The van der Waals surface area contributed by atoms with Crippen LogP contribution in [-0.2, 0) is 16.3 Å². The molecule has 0 aliphatic rings. The lowest BCUT2D eigenvalue weighted by Crippen LogP contribution is -2.09. The highest BCUT2D eigenvalue weighted by Gasteiger charge is 2.21. The van der Waals surface area contributed by atoms with Crippen LogP contribution >= 0.6 is 23.5 Å². The molecule has 4 aromatic rings. The molecule has 1 nitrogen and oxygen atoms in total. The average molecular weight is 483 g/mol. The molecule has 0 aliphatic carbocycles. The molecule has 2 unspecified atom stereocenters. The number of rotatable bonds is 12. The van der Waals surface area contributed by atoms with Gasteiger partial charge in [0.1, 0.15) is 5.78 Å². The summed E-state index contributed by atoms with van der Waals surface area (Å²) in [6.07, 6.45) is 1.10. The van der Waals surface area contributed by atoms with Gasteiger partial charge in [0.2, 0.25) is 0 Å². The van der Waals surface area contributed by atoms with E-state index in [2.05, 4.69) is 97.1 Å². The first-order valence-corrected chi connectivity index (χ1v) is 13.8. The third-order valence-corrected chi connectivity index (χ3v) is 8.44. The van der Waals surface area contributed by atoms with Crippen molar-refractivity contribution in [3.05, 3.63) is 144 Å². The second-order valence-electron chi connectivity index (χ2n) is 8.34.